The minimum atomic E-state index is -1.25. The Morgan fingerprint density at radius 2 is 1.34 bits per heavy atom. The molecule has 10 nitrogen and oxygen atoms in total. The summed E-state index contributed by atoms with van der Waals surface area (Å²) in [6.45, 7) is -0.113. The van der Waals surface area contributed by atoms with E-state index in [0.29, 0.717) is 17.2 Å². The van der Waals surface area contributed by atoms with Gasteiger partial charge in [-0.2, -0.15) is 0 Å². The summed E-state index contributed by atoms with van der Waals surface area (Å²) in [5.41, 5.74) is 0.0145. The average Bonchev–Trinajstić information content (AvgIpc) is 3.46. The molecule has 254 valence electrons. The first-order chi connectivity index (χ1) is 24.4. The van der Waals surface area contributed by atoms with Crippen LogP contribution < -0.4 is 25.5 Å². The molecule has 0 bridgehead atoms. The molecule has 5 aromatic carbocycles. The van der Waals surface area contributed by atoms with Gasteiger partial charge < -0.3 is 28.8 Å². The average molecular weight is 673 g/mol. The topological polar surface area (TPSA) is 121 Å². The Kier molecular flexibility index (Phi) is 9.23. The molecule has 1 saturated heterocycles. The van der Waals surface area contributed by atoms with Crippen molar-refractivity contribution in [2.75, 3.05) is 20.8 Å². The van der Waals surface area contributed by atoms with Crippen LogP contribution in [-0.2, 0) is 15.1 Å². The first-order valence-corrected chi connectivity index (χ1v) is 16.2. The monoisotopic (exact) mass is 672 g/mol. The van der Waals surface area contributed by atoms with Crippen molar-refractivity contribution in [3.05, 3.63) is 171 Å². The van der Waals surface area contributed by atoms with Crippen molar-refractivity contribution < 1.29 is 28.8 Å². The number of aromatic nitrogens is 2. The molecule has 0 amide bonds. The van der Waals surface area contributed by atoms with E-state index in [1.165, 1.54) is 16.8 Å². The van der Waals surface area contributed by atoms with Crippen LogP contribution in [0.5, 0.6) is 17.2 Å². The third-order valence-corrected chi connectivity index (χ3v) is 9.09. The number of nitrogens with zero attached hydrogens (tertiary/aromatic N) is 1. The van der Waals surface area contributed by atoms with Crippen molar-refractivity contribution in [1.29, 1.82) is 0 Å². The number of rotatable bonds is 11. The van der Waals surface area contributed by atoms with Gasteiger partial charge in [-0.05, 0) is 52.4 Å². The largest absolute Gasteiger partial charge is 0.497 e. The van der Waals surface area contributed by atoms with Gasteiger partial charge in [-0.15, -0.1) is 0 Å². The molecule has 6 aromatic rings. The van der Waals surface area contributed by atoms with Crippen LogP contribution in [0.15, 0.2) is 143 Å². The molecule has 2 heterocycles. The standard InChI is InChI=1S/C40H36N2O8/c1-46-30-19-15-28(16-20-30)40(27-11-4-3-5-12-27,29-17-21-31(47-2)22-18-29)48-25-34-36(44)37(38(50-34)42-24-23-35(43)41-39(42)45)49-33-14-8-10-26-9-6-7-13-32(26)33/h3-24,34,36-38,44H,25H2,1-2H3,(H,41,43,45)/t34-,36-,37-,38-/m1/s1. The summed E-state index contributed by atoms with van der Waals surface area (Å²) >= 11 is 0. The highest BCUT2D eigenvalue weighted by Crippen LogP contribution is 2.43. The number of benzene rings is 5. The van der Waals surface area contributed by atoms with E-state index in [1.807, 2.05) is 115 Å². The predicted octanol–water partition coefficient (Wildman–Crippen LogP) is 5.42. The number of ether oxygens (including phenoxy) is 5. The number of fused-ring (bicyclic) bond motifs is 1. The van der Waals surface area contributed by atoms with Crippen LogP contribution in [0.4, 0.5) is 0 Å². The number of aromatic amines is 1. The second-order valence-corrected chi connectivity index (χ2v) is 11.9. The van der Waals surface area contributed by atoms with Gasteiger partial charge in [-0.3, -0.25) is 14.3 Å². The van der Waals surface area contributed by atoms with Gasteiger partial charge in [0.05, 0.1) is 20.8 Å². The fraction of sp³-hybridized carbons (Fsp3) is 0.200. The normalized spacial score (nSPS) is 18.9. The summed E-state index contributed by atoms with van der Waals surface area (Å²) in [7, 11) is 3.22. The highest BCUT2D eigenvalue weighted by atomic mass is 16.6. The Balaban J connectivity index is 1.30. The van der Waals surface area contributed by atoms with Gasteiger partial charge >= 0.3 is 5.69 Å². The van der Waals surface area contributed by atoms with E-state index < -0.39 is 41.4 Å². The molecule has 50 heavy (non-hydrogen) atoms. The maximum atomic E-state index is 13.1. The molecule has 0 radical (unpaired) electrons. The molecule has 0 spiro atoms. The Labute approximate surface area is 288 Å². The van der Waals surface area contributed by atoms with Gasteiger partial charge in [0.2, 0.25) is 0 Å². The van der Waals surface area contributed by atoms with Gasteiger partial charge in [0, 0.05) is 17.6 Å². The zero-order valence-corrected chi connectivity index (χ0v) is 27.5. The van der Waals surface area contributed by atoms with E-state index in [-0.39, 0.29) is 6.61 Å². The van der Waals surface area contributed by atoms with E-state index in [9.17, 15) is 14.7 Å². The van der Waals surface area contributed by atoms with Crippen LogP contribution in [0.1, 0.15) is 22.9 Å². The van der Waals surface area contributed by atoms with Gasteiger partial charge in [0.25, 0.3) is 5.56 Å². The molecule has 10 heteroatoms. The molecule has 2 N–H and O–H groups in total. The van der Waals surface area contributed by atoms with E-state index in [1.54, 1.807) is 20.3 Å². The first kappa shape index (κ1) is 32.8. The minimum Gasteiger partial charge on any atom is -0.497 e. The minimum absolute atomic E-state index is 0.113. The van der Waals surface area contributed by atoms with Crippen molar-refractivity contribution in [3.63, 3.8) is 0 Å². The Morgan fingerprint density at radius 1 is 0.740 bits per heavy atom. The molecule has 4 atom stereocenters. The van der Waals surface area contributed by atoms with Crippen LogP contribution >= 0.6 is 0 Å². The number of H-pyrrole nitrogens is 1. The lowest BCUT2D eigenvalue weighted by atomic mass is 9.80. The number of nitrogens with one attached hydrogen (secondary N) is 1. The van der Waals surface area contributed by atoms with Crippen molar-refractivity contribution >= 4 is 10.8 Å². The summed E-state index contributed by atoms with van der Waals surface area (Å²) in [5.74, 6) is 1.88. The highest BCUT2D eigenvalue weighted by Gasteiger charge is 2.49. The predicted molar refractivity (Wildman–Crippen MR) is 188 cm³/mol. The fourth-order valence-corrected chi connectivity index (χ4v) is 6.56. The van der Waals surface area contributed by atoms with Gasteiger partial charge in [-0.1, -0.05) is 91.0 Å². The second-order valence-electron chi connectivity index (χ2n) is 11.9. The second kappa shape index (κ2) is 14.0. The van der Waals surface area contributed by atoms with Crippen LogP contribution in [0.25, 0.3) is 10.8 Å². The highest BCUT2D eigenvalue weighted by molar-refractivity contribution is 5.88. The third-order valence-electron chi connectivity index (χ3n) is 9.09. The van der Waals surface area contributed by atoms with Crippen LogP contribution in [-0.4, -0.2) is 53.8 Å². The zero-order chi connectivity index (χ0) is 34.7. The first-order valence-electron chi connectivity index (χ1n) is 16.2. The fourth-order valence-electron chi connectivity index (χ4n) is 6.56. The molecule has 7 rings (SSSR count). The maximum Gasteiger partial charge on any atom is 0.330 e. The van der Waals surface area contributed by atoms with E-state index in [0.717, 1.165) is 27.5 Å². The number of aliphatic hydroxyl groups excluding tert-OH is 1. The summed E-state index contributed by atoms with van der Waals surface area (Å²) in [6, 6.07) is 39.6. The Morgan fingerprint density at radius 3 is 1.98 bits per heavy atom. The van der Waals surface area contributed by atoms with E-state index in [2.05, 4.69) is 4.98 Å². The molecule has 0 saturated carbocycles. The maximum absolute atomic E-state index is 13.1. The molecular weight excluding hydrogens is 636 g/mol. The van der Waals surface area contributed by atoms with E-state index in [4.69, 9.17) is 23.7 Å². The summed E-state index contributed by atoms with van der Waals surface area (Å²) in [4.78, 5) is 27.3. The zero-order valence-electron chi connectivity index (χ0n) is 27.5. The Hall–Kier alpha value is -5.68. The molecule has 0 unspecified atom stereocenters. The number of hydrogen-bond acceptors (Lipinski definition) is 8. The quantitative estimate of drug-likeness (QED) is 0.175. The molecule has 1 aromatic heterocycles. The van der Waals surface area contributed by atoms with Crippen molar-refractivity contribution in [2.24, 2.45) is 0 Å². The van der Waals surface area contributed by atoms with Crippen molar-refractivity contribution in [2.45, 2.75) is 30.1 Å². The van der Waals surface area contributed by atoms with Gasteiger partial charge in [-0.25, -0.2) is 4.79 Å². The summed E-state index contributed by atoms with van der Waals surface area (Å²) in [5, 5.41) is 13.7. The smallest absolute Gasteiger partial charge is 0.330 e. The number of aliphatic hydroxyl groups is 1. The SMILES string of the molecule is COc1ccc(C(OC[C@H]2O[C@@H](n3ccc(=O)[nH]c3=O)[C@H](Oc3cccc4ccccc34)[C@@H]2O)(c2ccccc2)c2ccc(OC)cc2)cc1. The molecule has 1 aliphatic heterocycles. The van der Waals surface area contributed by atoms with Crippen LogP contribution in [0.2, 0.25) is 0 Å². The summed E-state index contributed by atoms with van der Waals surface area (Å²) in [6.07, 6.45) is -3.03. The number of hydrogen-bond donors (Lipinski definition) is 2. The lowest BCUT2D eigenvalue weighted by Crippen LogP contribution is -2.42. The van der Waals surface area contributed by atoms with Crippen molar-refractivity contribution in [3.8, 4) is 17.2 Å². The van der Waals surface area contributed by atoms with Crippen molar-refractivity contribution in [1.82, 2.24) is 9.55 Å². The molecular formula is C40H36N2O8. The molecule has 1 fully saturated rings. The molecule has 0 aliphatic carbocycles. The summed E-state index contributed by atoms with van der Waals surface area (Å²) < 4.78 is 32.1. The Bertz CT molecular complexity index is 2130. The lowest BCUT2D eigenvalue weighted by Gasteiger charge is -2.37. The van der Waals surface area contributed by atoms with Crippen LogP contribution in [0, 0.1) is 0 Å². The van der Waals surface area contributed by atoms with Gasteiger partial charge in [0.15, 0.2) is 12.3 Å². The van der Waals surface area contributed by atoms with Gasteiger partial charge in [0.1, 0.15) is 35.1 Å². The third kappa shape index (κ3) is 6.16. The van der Waals surface area contributed by atoms with E-state index >= 15 is 0 Å². The number of methoxy groups -OCH3 is 2. The molecule has 1 aliphatic rings. The lowest BCUT2D eigenvalue weighted by molar-refractivity contribution is -0.0955. The van der Waals surface area contributed by atoms with Crippen LogP contribution in [0.3, 0.4) is 0 Å².